The molecule has 2 aromatic carbocycles. The van der Waals surface area contributed by atoms with E-state index in [4.69, 9.17) is 27.9 Å². The second kappa shape index (κ2) is 8.69. The molecule has 150 valence electrons. The van der Waals surface area contributed by atoms with E-state index >= 15 is 0 Å². The summed E-state index contributed by atoms with van der Waals surface area (Å²) in [6.45, 7) is 2.74. The maximum atomic E-state index is 12.7. The summed E-state index contributed by atoms with van der Waals surface area (Å²) >= 11 is 11.7. The molecule has 1 aliphatic heterocycles. The Morgan fingerprint density at radius 2 is 1.43 bits per heavy atom. The van der Waals surface area contributed by atoms with Gasteiger partial charge in [0.15, 0.2) is 6.10 Å². The van der Waals surface area contributed by atoms with Crippen LogP contribution in [0, 0.1) is 0 Å². The van der Waals surface area contributed by atoms with Crippen LogP contribution < -0.4 is 4.74 Å². The first kappa shape index (κ1) is 20.9. The first-order chi connectivity index (χ1) is 13.3. The van der Waals surface area contributed by atoms with Crippen molar-refractivity contribution in [1.82, 2.24) is 9.21 Å². The third-order valence-corrected chi connectivity index (χ3v) is 6.89. The minimum Gasteiger partial charge on any atom is -0.481 e. The average Bonchev–Trinajstić information content (AvgIpc) is 2.69. The fourth-order valence-corrected chi connectivity index (χ4v) is 4.60. The molecule has 1 fully saturated rings. The van der Waals surface area contributed by atoms with E-state index in [1.807, 2.05) is 0 Å². The van der Waals surface area contributed by atoms with Crippen molar-refractivity contribution in [3.63, 3.8) is 0 Å². The molecule has 1 saturated heterocycles. The molecule has 1 heterocycles. The van der Waals surface area contributed by atoms with Crippen LogP contribution in [0.5, 0.6) is 5.75 Å². The summed E-state index contributed by atoms with van der Waals surface area (Å²) in [6, 6.07) is 12.8. The van der Waals surface area contributed by atoms with Gasteiger partial charge in [-0.3, -0.25) is 4.79 Å². The molecule has 0 N–H and O–H groups in total. The standard InChI is InChI=1S/C19H20Cl2N2O4S/c1-14(27-17-6-2-15(20)3-7-17)19(24)22-10-12-23(13-11-22)28(25,26)18-8-4-16(21)5-9-18/h2-9,14H,10-13H2,1H3. The molecule has 1 unspecified atom stereocenters. The zero-order chi connectivity index (χ0) is 20.3. The number of benzene rings is 2. The van der Waals surface area contributed by atoms with E-state index in [2.05, 4.69) is 0 Å². The van der Waals surface area contributed by atoms with Crippen LogP contribution in [0.1, 0.15) is 6.92 Å². The maximum Gasteiger partial charge on any atom is 0.263 e. The Morgan fingerprint density at radius 1 is 0.929 bits per heavy atom. The summed E-state index contributed by atoms with van der Waals surface area (Å²) in [7, 11) is -3.61. The molecule has 1 aliphatic rings. The lowest BCUT2D eigenvalue weighted by Gasteiger charge is -2.35. The number of ether oxygens (including phenoxy) is 1. The van der Waals surface area contributed by atoms with Gasteiger partial charge in [0, 0.05) is 36.2 Å². The van der Waals surface area contributed by atoms with Crippen LogP contribution in [-0.2, 0) is 14.8 Å². The van der Waals surface area contributed by atoms with Gasteiger partial charge in [0.2, 0.25) is 10.0 Å². The molecule has 0 bridgehead atoms. The number of halogens is 2. The lowest BCUT2D eigenvalue weighted by molar-refractivity contribution is -0.139. The van der Waals surface area contributed by atoms with Gasteiger partial charge in [0.05, 0.1) is 4.90 Å². The molecule has 28 heavy (non-hydrogen) atoms. The van der Waals surface area contributed by atoms with Gasteiger partial charge < -0.3 is 9.64 Å². The molecular weight excluding hydrogens is 423 g/mol. The Bertz CT molecular complexity index is 925. The number of piperazine rings is 1. The smallest absolute Gasteiger partial charge is 0.263 e. The number of hydrogen-bond donors (Lipinski definition) is 0. The molecule has 0 aromatic heterocycles. The second-order valence-corrected chi connectivity index (χ2v) is 9.21. The van der Waals surface area contributed by atoms with E-state index in [1.54, 1.807) is 48.2 Å². The summed E-state index contributed by atoms with van der Waals surface area (Å²) in [5.74, 6) is 0.368. The van der Waals surface area contributed by atoms with Crippen molar-refractivity contribution >= 4 is 39.1 Å². The van der Waals surface area contributed by atoms with E-state index < -0.39 is 16.1 Å². The van der Waals surface area contributed by atoms with E-state index in [0.29, 0.717) is 28.9 Å². The normalized spacial score (nSPS) is 16.6. The highest BCUT2D eigenvalue weighted by atomic mass is 35.5. The van der Waals surface area contributed by atoms with Gasteiger partial charge in [0.25, 0.3) is 5.91 Å². The van der Waals surface area contributed by atoms with Gasteiger partial charge in [-0.25, -0.2) is 8.42 Å². The topological polar surface area (TPSA) is 66.9 Å². The summed E-state index contributed by atoms with van der Waals surface area (Å²) in [6.07, 6.45) is -0.680. The quantitative estimate of drug-likeness (QED) is 0.712. The molecule has 1 atom stereocenters. The lowest BCUT2D eigenvalue weighted by Crippen LogP contribution is -2.53. The maximum absolute atomic E-state index is 12.7. The van der Waals surface area contributed by atoms with Gasteiger partial charge >= 0.3 is 0 Å². The van der Waals surface area contributed by atoms with Gasteiger partial charge in [-0.1, -0.05) is 23.2 Å². The van der Waals surface area contributed by atoms with Crippen LogP contribution in [0.15, 0.2) is 53.4 Å². The van der Waals surface area contributed by atoms with Gasteiger partial charge in [-0.05, 0) is 55.5 Å². The Labute approximate surface area is 174 Å². The first-order valence-electron chi connectivity index (χ1n) is 8.74. The van der Waals surface area contributed by atoms with E-state index in [-0.39, 0.29) is 23.9 Å². The minimum absolute atomic E-state index is 0.182. The van der Waals surface area contributed by atoms with Crippen molar-refractivity contribution in [2.45, 2.75) is 17.9 Å². The summed E-state index contributed by atoms with van der Waals surface area (Å²) in [5.41, 5.74) is 0. The lowest BCUT2D eigenvalue weighted by atomic mass is 10.2. The Morgan fingerprint density at radius 3 is 1.96 bits per heavy atom. The monoisotopic (exact) mass is 442 g/mol. The zero-order valence-corrected chi connectivity index (χ0v) is 17.5. The molecule has 0 aliphatic carbocycles. The molecule has 6 nitrogen and oxygen atoms in total. The molecule has 1 amide bonds. The Kier molecular flexibility index (Phi) is 6.50. The van der Waals surface area contributed by atoms with Crippen molar-refractivity contribution in [3.8, 4) is 5.75 Å². The fraction of sp³-hybridized carbons (Fsp3) is 0.316. The second-order valence-electron chi connectivity index (χ2n) is 6.40. The Hall–Kier alpha value is -1.80. The van der Waals surface area contributed by atoms with Gasteiger partial charge in [-0.2, -0.15) is 4.31 Å². The predicted octanol–water partition coefficient (Wildman–Crippen LogP) is 3.29. The number of carbonyl (C=O) groups excluding carboxylic acids is 1. The van der Waals surface area contributed by atoms with Crippen molar-refractivity contribution in [2.75, 3.05) is 26.2 Å². The molecule has 9 heteroatoms. The fourth-order valence-electron chi connectivity index (χ4n) is 2.93. The number of sulfonamides is 1. The van der Waals surface area contributed by atoms with Gasteiger partial charge in [-0.15, -0.1) is 0 Å². The van der Waals surface area contributed by atoms with E-state index in [9.17, 15) is 13.2 Å². The van der Waals surface area contributed by atoms with Crippen LogP contribution in [0.25, 0.3) is 0 Å². The summed E-state index contributed by atoms with van der Waals surface area (Å²) < 4.78 is 32.5. The van der Waals surface area contributed by atoms with Crippen LogP contribution in [0.4, 0.5) is 0 Å². The number of amides is 1. The van der Waals surface area contributed by atoms with Crippen molar-refractivity contribution in [1.29, 1.82) is 0 Å². The predicted molar refractivity (Wildman–Crippen MR) is 108 cm³/mol. The molecule has 0 spiro atoms. The van der Waals surface area contributed by atoms with Crippen molar-refractivity contribution in [2.24, 2.45) is 0 Å². The average molecular weight is 443 g/mol. The highest BCUT2D eigenvalue weighted by Crippen LogP contribution is 2.21. The summed E-state index contributed by atoms with van der Waals surface area (Å²) in [5, 5.41) is 1.06. The molecular formula is C19H20Cl2N2O4S. The number of carbonyl (C=O) groups is 1. The van der Waals surface area contributed by atoms with Crippen LogP contribution in [-0.4, -0.2) is 55.8 Å². The van der Waals surface area contributed by atoms with Crippen molar-refractivity contribution in [3.05, 3.63) is 58.6 Å². The molecule has 2 aromatic rings. The number of rotatable bonds is 5. The number of nitrogens with zero attached hydrogens (tertiary/aromatic N) is 2. The van der Waals surface area contributed by atoms with E-state index in [0.717, 1.165) is 0 Å². The van der Waals surface area contributed by atoms with E-state index in [1.165, 1.54) is 16.4 Å². The Balaban J connectivity index is 1.58. The minimum atomic E-state index is -3.61. The third kappa shape index (κ3) is 4.78. The van der Waals surface area contributed by atoms with Crippen LogP contribution >= 0.6 is 23.2 Å². The largest absolute Gasteiger partial charge is 0.481 e. The third-order valence-electron chi connectivity index (χ3n) is 4.48. The van der Waals surface area contributed by atoms with Crippen LogP contribution in [0.3, 0.4) is 0 Å². The summed E-state index contributed by atoms with van der Waals surface area (Å²) in [4.78, 5) is 14.4. The molecule has 0 saturated carbocycles. The highest BCUT2D eigenvalue weighted by molar-refractivity contribution is 7.89. The number of hydrogen-bond acceptors (Lipinski definition) is 4. The zero-order valence-electron chi connectivity index (χ0n) is 15.2. The van der Waals surface area contributed by atoms with Crippen LogP contribution in [0.2, 0.25) is 10.0 Å². The van der Waals surface area contributed by atoms with Gasteiger partial charge in [0.1, 0.15) is 5.75 Å². The first-order valence-corrected chi connectivity index (χ1v) is 10.9. The van der Waals surface area contributed by atoms with Crippen molar-refractivity contribution < 1.29 is 17.9 Å². The highest BCUT2D eigenvalue weighted by Gasteiger charge is 2.32. The SMILES string of the molecule is CC(Oc1ccc(Cl)cc1)C(=O)N1CCN(S(=O)(=O)c2ccc(Cl)cc2)CC1. The molecule has 3 rings (SSSR count). The molecule has 0 radical (unpaired) electrons.